The second kappa shape index (κ2) is 6.93. The minimum absolute atomic E-state index is 0.221. The number of nitrogens with one attached hydrogen (secondary N) is 2. The number of carbonyl (C=O) groups is 1. The molecular formula is C17H21N3O3. The molecule has 1 aromatic carbocycles. The maximum atomic E-state index is 12.2. The number of amides is 1. The molecule has 0 unspecified atom stereocenters. The van der Waals surface area contributed by atoms with Crippen molar-refractivity contribution in [3.05, 3.63) is 42.1 Å². The second-order valence-corrected chi connectivity index (χ2v) is 5.95. The number of carbonyl (C=O) groups excluding carboxylic acids is 1. The Kier molecular flexibility index (Phi) is 4.73. The third-order valence-electron chi connectivity index (χ3n) is 4.14. The van der Waals surface area contributed by atoms with Gasteiger partial charge in [-0.25, -0.2) is 0 Å². The molecule has 2 aromatic rings. The van der Waals surface area contributed by atoms with Crippen molar-refractivity contribution < 1.29 is 14.4 Å². The van der Waals surface area contributed by atoms with E-state index in [1.807, 2.05) is 30.3 Å². The fraction of sp³-hybridized carbons (Fsp3) is 0.412. The highest BCUT2D eigenvalue weighted by Crippen LogP contribution is 2.21. The molecule has 0 spiro atoms. The van der Waals surface area contributed by atoms with E-state index < -0.39 is 5.60 Å². The van der Waals surface area contributed by atoms with Crippen LogP contribution in [0.5, 0.6) is 0 Å². The van der Waals surface area contributed by atoms with E-state index in [9.17, 15) is 9.90 Å². The Morgan fingerprint density at radius 2 is 2.13 bits per heavy atom. The van der Waals surface area contributed by atoms with Crippen LogP contribution >= 0.6 is 0 Å². The van der Waals surface area contributed by atoms with E-state index in [0.29, 0.717) is 18.6 Å². The molecular weight excluding hydrogens is 294 g/mol. The normalized spacial score (nSPS) is 21.6. The van der Waals surface area contributed by atoms with Crippen molar-refractivity contribution in [2.24, 2.45) is 0 Å². The zero-order valence-corrected chi connectivity index (χ0v) is 12.9. The topological polar surface area (TPSA) is 87.4 Å². The molecule has 3 rings (SSSR count). The average molecular weight is 315 g/mol. The number of rotatable bonds is 4. The van der Waals surface area contributed by atoms with E-state index in [2.05, 4.69) is 15.8 Å². The molecule has 1 saturated heterocycles. The van der Waals surface area contributed by atoms with Gasteiger partial charge in [0.25, 0.3) is 5.91 Å². The standard InChI is InChI=1S/C17H21N3O3/c21-16(19-12-17(22)7-4-9-18-10-8-17)14-11-15(23-20-14)13-5-2-1-3-6-13/h1-3,5-6,11,18,22H,4,7-10,12H2,(H,19,21)/t17-/m0/s1. The van der Waals surface area contributed by atoms with Gasteiger partial charge in [-0.15, -0.1) is 0 Å². The maximum Gasteiger partial charge on any atom is 0.273 e. The smallest absolute Gasteiger partial charge is 0.273 e. The summed E-state index contributed by atoms with van der Waals surface area (Å²) in [6.07, 6.45) is 2.20. The highest BCUT2D eigenvalue weighted by molar-refractivity contribution is 5.93. The largest absolute Gasteiger partial charge is 0.388 e. The van der Waals surface area contributed by atoms with E-state index in [1.165, 1.54) is 0 Å². The average Bonchev–Trinajstić information content (AvgIpc) is 2.97. The van der Waals surface area contributed by atoms with Crippen LogP contribution in [0.4, 0.5) is 0 Å². The summed E-state index contributed by atoms with van der Waals surface area (Å²) >= 11 is 0. The number of aromatic nitrogens is 1. The molecule has 1 aliphatic heterocycles. The van der Waals surface area contributed by atoms with Gasteiger partial charge < -0.3 is 20.3 Å². The predicted octanol–water partition coefficient (Wildman–Crippen LogP) is 1.58. The third-order valence-corrected chi connectivity index (χ3v) is 4.14. The molecule has 2 heterocycles. The van der Waals surface area contributed by atoms with Crippen molar-refractivity contribution >= 4 is 5.91 Å². The Morgan fingerprint density at radius 3 is 2.96 bits per heavy atom. The highest BCUT2D eigenvalue weighted by Gasteiger charge is 2.28. The van der Waals surface area contributed by atoms with Crippen molar-refractivity contribution in [2.75, 3.05) is 19.6 Å². The molecule has 1 aliphatic rings. The molecule has 6 heteroatoms. The molecule has 3 N–H and O–H groups in total. The summed E-state index contributed by atoms with van der Waals surface area (Å²) in [5, 5.41) is 20.4. The van der Waals surface area contributed by atoms with E-state index >= 15 is 0 Å². The SMILES string of the molecule is O=C(NC[C@]1(O)CCCNCC1)c1cc(-c2ccccc2)on1. The van der Waals surface area contributed by atoms with E-state index in [4.69, 9.17) is 4.52 Å². The van der Waals surface area contributed by atoms with Crippen molar-refractivity contribution in [3.8, 4) is 11.3 Å². The molecule has 1 atom stereocenters. The fourth-order valence-electron chi connectivity index (χ4n) is 2.75. The number of hydrogen-bond donors (Lipinski definition) is 3. The minimum atomic E-state index is -0.856. The zero-order valence-electron chi connectivity index (χ0n) is 12.9. The molecule has 0 saturated carbocycles. The van der Waals surface area contributed by atoms with Gasteiger partial charge in [-0.05, 0) is 32.4 Å². The molecule has 23 heavy (non-hydrogen) atoms. The Hall–Kier alpha value is -2.18. The summed E-state index contributed by atoms with van der Waals surface area (Å²) in [4.78, 5) is 12.2. The van der Waals surface area contributed by atoms with Crippen molar-refractivity contribution in [2.45, 2.75) is 24.9 Å². The fourth-order valence-corrected chi connectivity index (χ4v) is 2.75. The zero-order chi connectivity index (χ0) is 16.1. The third kappa shape index (κ3) is 3.97. The lowest BCUT2D eigenvalue weighted by Gasteiger charge is -2.26. The highest BCUT2D eigenvalue weighted by atomic mass is 16.5. The van der Waals surface area contributed by atoms with Gasteiger partial charge >= 0.3 is 0 Å². The van der Waals surface area contributed by atoms with Gasteiger partial charge in [0.05, 0.1) is 5.60 Å². The minimum Gasteiger partial charge on any atom is -0.388 e. The summed E-state index contributed by atoms with van der Waals surface area (Å²) < 4.78 is 5.23. The lowest BCUT2D eigenvalue weighted by Crippen LogP contribution is -2.43. The first-order valence-electron chi connectivity index (χ1n) is 7.90. The summed E-state index contributed by atoms with van der Waals surface area (Å²) in [6, 6.07) is 11.1. The van der Waals surface area contributed by atoms with Gasteiger partial charge in [0.15, 0.2) is 11.5 Å². The van der Waals surface area contributed by atoms with Crippen LogP contribution in [0.1, 0.15) is 29.8 Å². The van der Waals surface area contributed by atoms with Crippen molar-refractivity contribution in [1.82, 2.24) is 15.8 Å². The number of aliphatic hydroxyl groups is 1. The number of benzene rings is 1. The first-order chi connectivity index (χ1) is 11.2. The van der Waals surface area contributed by atoms with Crippen LogP contribution in [0.15, 0.2) is 40.9 Å². The summed E-state index contributed by atoms with van der Waals surface area (Å²) in [7, 11) is 0. The Morgan fingerprint density at radius 1 is 1.30 bits per heavy atom. The monoisotopic (exact) mass is 315 g/mol. The molecule has 122 valence electrons. The van der Waals surface area contributed by atoms with Crippen LogP contribution in [0, 0.1) is 0 Å². The van der Waals surface area contributed by atoms with Crippen molar-refractivity contribution in [1.29, 1.82) is 0 Å². The number of nitrogens with zero attached hydrogens (tertiary/aromatic N) is 1. The lowest BCUT2D eigenvalue weighted by atomic mass is 9.95. The molecule has 0 bridgehead atoms. The first kappa shape index (κ1) is 15.7. The van der Waals surface area contributed by atoms with Crippen LogP contribution in [-0.4, -0.2) is 41.4 Å². The van der Waals surface area contributed by atoms with Gasteiger partial charge in [0.1, 0.15) is 0 Å². The molecule has 1 aromatic heterocycles. The van der Waals surface area contributed by atoms with Crippen molar-refractivity contribution in [3.63, 3.8) is 0 Å². The van der Waals surface area contributed by atoms with Crippen LogP contribution in [0.2, 0.25) is 0 Å². The van der Waals surface area contributed by atoms with Crippen LogP contribution in [0.25, 0.3) is 11.3 Å². The molecule has 0 radical (unpaired) electrons. The van der Waals surface area contributed by atoms with Crippen LogP contribution in [0.3, 0.4) is 0 Å². The first-order valence-corrected chi connectivity index (χ1v) is 7.90. The van der Waals surface area contributed by atoms with Crippen LogP contribution in [-0.2, 0) is 0 Å². The van der Waals surface area contributed by atoms with Gasteiger partial charge in [0.2, 0.25) is 0 Å². The van der Waals surface area contributed by atoms with Crippen LogP contribution < -0.4 is 10.6 Å². The van der Waals surface area contributed by atoms with E-state index in [1.54, 1.807) is 6.07 Å². The van der Waals surface area contributed by atoms with Gasteiger partial charge in [-0.1, -0.05) is 35.5 Å². The molecule has 1 fully saturated rings. The summed E-state index contributed by atoms with van der Waals surface area (Å²) in [6.45, 7) is 1.88. The van der Waals surface area contributed by atoms with E-state index in [-0.39, 0.29) is 18.1 Å². The van der Waals surface area contributed by atoms with E-state index in [0.717, 1.165) is 25.1 Å². The Balaban J connectivity index is 1.61. The Labute approximate surface area is 134 Å². The molecule has 1 amide bonds. The second-order valence-electron chi connectivity index (χ2n) is 5.95. The molecule has 6 nitrogen and oxygen atoms in total. The summed E-state index contributed by atoms with van der Waals surface area (Å²) in [5.74, 6) is 0.217. The quantitative estimate of drug-likeness (QED) is 0.797. The molecule has 0 aliphatic carbocycles. The number of hydrogen-bond acceptors (Lipinski definition) is 5. The van der Waals surface area contributed by atoms with Gasteiger partial charge in [-0.2, -0.15) is 0 Å². The maximum absolute atomic E-state index is 12.2. The predicted molar refractivity (Wildman–Crippen MR) is 85.9 cm³/mol. The lowest BCUT2D eigenvalue weighted by molar-refractivity contribution is 0.0274. The van der Waals surface area contributed by atoms with Gasteiger partial charge in [-0.3, -0.25) is 4.79 Å². The summed E-state index contributed by atoms with van der Waals surface area (Å²) in [5.41, 5.74) is 0.234. The van der Waals surface area contributed by atoms with Gasteiger partial charge in [0, 0.05) is 18.2 Å². The Bertz CT molecular complexity index is 646.